The zero-order chi connectivity index (χ0) is 21.6. The molecule has 2 heterocycles. The van der Waals surface area contributed by atoms with Gasteiger partial charge in [-0.25, -0.2) is 14.4 Å². The third kappa shape index (κ3) is 2.89. The van der Waals surface area contributed by atoms with Gasteiger partial charge in [-0.3, -0.25) is 9.78 Å². The number of ketones is 1. The summed E-state index contributed by atoms with van der Waals surface area (Å²) in [5.74, 6) is -0.391. The minimum absolute atomic E-state index is 0.0910. The van der Waals surface area contributed by atoms with Gasteiger partial charge in [-0.1, -0.05) is 19.1 Å². The maximum Gasteiger partial charge on any atom is 0.176 e. The van der Waals surface area contributed by atoms with Gasteiger partial charge in [0.05, 0.1) is 16.7 Å². The average Bonchev–Trinajstić information content (AvgIpc) is 2.81. The zero-order valence-electron chi connectivity index (χ0n) is 16.9. The van der Waals surface area contributed by atoms with Crippen molar-refractivity contribution >= 4 is 5.78 Å². The molecule has 0 unspecified atom stereocenters. The molecule has 3 atom stereocenters. The van der Waals surface area contributed by atoms with Gasteiger partial charge in [-0.05, 0) is 60.2 Å². The summed E-state index contributed by atoms with van der Waals surface area (Å²) in [5, 5.41) is 9.72. The van der Waals surface area contributed by atoms with Gasteiger partial charge in [-0.15, -0.1) is 0 Å². The quantitative estimate of drug-likeness (QED) is 0.633. The number of pyridine rings is 1. The largest absolute Gasteiger partial charge is 0.293 e. The van der Waals surface area contributed by atoms with Gasteiger partial charge in [0, 0.05) is 30.1 Å². The lowest BCUT2D eigenvalue weighted by molar-refractivity contribution is -0.121. The molecule has 0 aliphatic heterocycles. The predicted octanol–water partition coefficient (Wildman–Crippen LogP) is 4.19. The Morgan fingerprint density at radius 3 is 2.71 bits per heavy atom. The molecule has 6 heteroatoms. The molecule has 0 bridgehead atoms. The average molecular weight is 410 g/mol. The molecule has 2 aromatic heterocycles. The van der Waals surface area contributed by atoms with Crippen molar-refractivity contribution in [2.24, 2.45) is 11.8 Å². The molecule has 31 heavy (non-hydrogen) atoms. The molecule has 5 rings (SSSR count). The van der Waals surface area contributed by atoms with E-state index in [0.717, 1.165) is 35.2 Å². The van der Waals surface area contributed by atoms with Crippen molar-refractivity contribution in [3.8, 4) is 17.5 Å². The van der Waals surface area contributed by atoms with Crippen LogP contribution in [0.3, 0.4) is 0 Å². The third-order valence-corrected chi connectivity index (χ3v) is 6.58. The number of allylic oxidation sites excluding steroid dienone is 2. The Hall–Kier alpha value is -3.72. The van der Waals surface area contributed by atoms with Crippen LogP contribution in [0.2, 0.25) is 0 Å². The minimum atomic E-state index is -0.806. The Labute approximate surface area is 179 Å². The predicted molar refractivity (Wildman–Crippen MR) is 112 cm³/mol. The molecule has 5 nitrogen and oxygen atoms in total. The fourth-order valence-electron chi connectivity index (χ4n) is 5.09. The maximum absolute atomic E-state index is 13.8. The number of benzene rings is 1. The highest BCUT2D eigenvalue weighted by Gasteiger charge is 2.52. The Kier molecular flexibility index (Phi) is 4.48. The number of Topliss-reactive ketones (excluding diaryl/α,β-unsaturated/α-hetero) is 1. The first-order chi connectivity index (χ1) is 15.0. The second-order valence-electron chi connectivity index (χ2n) is 8.15. The second kappa shape index (κ2) is 7.21. The van der Waals surface area contributed by atoms with E-state index in [2.05, 4.69) is 16.0 Å². The van der Waals surface area contributed by atoms with Crippen LogP contribution in [-0.4, -0.2) is 20.7 Å². The second-order valence-corrected chi connectivity index (χ2v) is 8.15. The molecule has 152 valence electrons. The van der Waals surface area contributed by atoms with Crippen molar-refractivity contribution in [2.45, 2.75) is 25.2 Å². The molecule has 1 aromatic carbocycles. The number of aromatic nitrogens is 3. The molecule has 0 N–H and O–H groups in total. The monoisotopic (exact) mass is 410 g/mol. The van der Waals surface area contributed by atoms with E-state index in [1.807, 2.05) is 25.3 Å². The smallest absolute Gasteiger partial charge is 0.176 e. The molecule has 0 saturated carbocycles. The SMILES string of the molecule is C[C@@H]1C(=O)C(C#N)=C[C@]2(c3ccc(F)cc3)c3nc(-c4cccnc4)ncc3CC[C@@H]12. The van der Waals surface area contributed by atoms with E-state index in [1.165, 1.54) is 12.1 Å². The Morgan fingerprint density at radius 2 is 2.00 bits per heavy atom. The van der Waals surface area contributed by atoms with Crippen LogP contribution in [0, 0.1) is 29.0 Å². The standard InChI is InChI=1S/C25H19FN4O/c1-15-21-9-4-16-14-29-24(17-3-2-10-28-13-17)30-23(16)25(21,11-18(12-27)22(15)31)19-5-7-20(26)8-6-19/h2-3,5-8,10-11,13-15,21H,4,9H2,1H3/t15-,21-,25+/m0/s1. The molecule has 0 amide bonds. The van der Waals surface area contributed by atoms with Crippen molar-refractivity contribution < 1.29 is 9.18 Å². The summed E-state index contributed by atoms with van der Waals surface area (Å²) in [6, 6.07) is 12.1. The molecule has 0 spiro atoms. The summed E-state index contributed by atoms with van der Waals surface area (Å²) in [6.45, 7) is 1.88. The van der Waals surface area contributed by atoms with Crippen LogP contribution in [0.5, 0.6) is 0 Å². The van der Waals surface area contributed by atoms with Crippen LogP contribution in [0.1, 0.15) is 30.2 Å². The molecule has 0 radical (unpaired) electrons. The van der Waals surface area contributed by atoms with Crippen molar-refractivity contribution in [1.29, 1.82) is 5.26 Å². The summed E-state index contributed by atoms with van der Waals surface area (Å²) in [5.41, 5.74) is 2.68. The van der Waals surface area contributed by atoms with Gasteiger partial charge in [-0.2, -0.15) is 5.26 Å². The van der Waals surface area contributed by atoms with Crippen molar-refractivity contribution in [3.05, 3.63) is 89.3 Å². The van der Waals surface area contributed by atoms with Gasteiger partial charge in [0.1, 0.15) is 11.9 Å². The van der Waals surface area contributed by atoms with Crippen LogP contribution in [0.4, 0.5) is 4.39 Å². The number of rotatable bonds is 2. The van der Waals surface area contributed by atoms with Crippen LogP contribution in [-0.2, 0) is 16.6 Å². The highest BCUT2D eigenvalue weighted by Crippen LogP contribution is 2.53. The fourth-order valence-corrected chi connectivity index (χ4v) is 5.09. The number of fused-ring (bicyclic) bond motifs is 3. The van der Waals surface area contributed by atoms with E-state index in [1.54, 1.807) is 30.6 Å². The Bertz CT molecular complexity index is 1250. The fraction of sp³-hybridized carbons (Fsp3) is 0.240. The van der Waals surface area contributed by atoms with Crippen molar-refractivity contribution in [1.82, 2.24) is 15.0 Å². The van der Waals surface area contributed by atoms with E-state index < -0.39 is 5.41 Å². The number of hydrogen-bond acceptors (Lipinski definition) is 5. The van der Waals surface area contributed by atoms with Crippen molar-refractivity contribution in [2.75, 3.05) is 0 Å². The number of nitrogens with zero attached hydrogens (tertiary/aromatic N) is 4. The molecule has 2 aliphatic carbocycles. The normalized spacial score (nSPS) is 24.5. The van der Waals surface area contributed by atoms with Gasteiger partial charge < -0.3 is 0 Å². The molecule has 0 saturated heterocycles. The maximum atomic E-state index is 13.8. The first kappa shape index (κ1) is 19.3. The lowest BCUT2D eigenvalue weighted by Gasteiger charge is -2.47. The van der Waals surface area contributed by atoms with Crippen molar-refractivity contribution in [3.63, 3.8) is 0 Å². The highest BCUT2D eigenvalue weighted by molar-refractivity contribution is 6.02. The number of hydrogen-bond donors (Lipinski definition) is 0. The molecule has 0 fully saturated rings. The minimum Gasteiger partial charge on any atom is -0.293 e. The van der Waals surface area contributed by atoms with Crippen LogP contribution in [0.15, 0.2) is 66.6 Å². The Balaban J connectivity index is 1.83. The van der Waals surface area contributed by atoms with E-state index in [0.29, 0.717) is 5.82 Å². The van der Waals surface area contributed by atoms with Crippen LogP contribution in [0.25, 0.3) is 11.4 Å². The lowest BCUT2D eigenvalue weighted by Crippen LogP contribution is -2.48. The summed E-state index contributed by atoms with van der Waals surface area (Å²) in [7, 11) is 0. The first-order valence-electron chi connectivity index (χ1n) is 10.2. The first-order valence-corrected chi connectivity index (χ1v) is 10.2. The summed E-state index contributed by atoms with van der Waals surface area (Å²) in [6.07, 6.45) is 8.47. The van der Waals surface area contributed by atoms with E-state index in [9.17, 15) is 14.4 Å². The van der Waals surface area contributed by atoms with Gasteiger partial charge in [0.25, 0.3) is 0 Å². The van der Waals surface area contributed by atoms with Gasteiger partial charge in [0.15, 0.2) is 11.6 Å². The number of carbonyl (C=O) groups excluding carboxylic acids is 1. The van der Waals surface area contributed by atoms with Crippen LogP contribution < -0.4 is 0 Å². The number of aryl methyl sites for hydroxylation is 1. The van der Waals surface area contributed by atoms with E-state index in [4.69, 9.17) is 4.98 Å². The van der Waals surface area contributed by atoms with Gasteiger partial charge >= 0.3 is 0 Å². The molecule has 3 aromatic rings. The number of carbonyl (C=O) groups is 1. The summed E-state index contributed by atoms with van der Waals surface area (Å²) in [4.78, 5) is 26.5. The number of halogens is 1. The molecular weight excluding hydrogens is 391 g/mol. The molecule has 2 aliphatic rings. The number of nitriles is 1. The topological polar surface area (TPSA) is 79.5 Å². The summed E-state index contributed by atoms with van der Waals surface area (Å²) < 4.78 is 13.8. The van der Waals surface area contributed by atoms with Crippen LogP contribution >= 0.6 is 0 Å². The Morgan fingerprint density at radius 1 is 1.19 bits per heavy atom. The summed E-state index contributed by atoms with van der Waals surface area (Å²) >= 11 is 0. The third-order valence-electron chi connectivity index (χ3n) is 6.58. The highest BCUT2D eigenvalue weighted by atomic mass is 19.1. The zero-order valence-corrected chi connectivity index (χ0v) is 16.9. The van der Waals surface area contributed by atoms with E-state index >= 15 is 0 Å². The van der Waals surface area contributed by atoms with E-state index in [-0.39, 0.29) is 29.0 Å². The molecular formula is C25H19FN4O. The van der Waals surface area contributed by atoms with Gasteiger partial charge in [0.2, 0.25) is 0 Å². The lowest BCUT2D eigenvalue weighted by atomic mass is 9.54.